The molecule has 1 aliphatic rings. The van der Waals surface area contributed by atoms with E-state index in [-0.39, 0.29) is 5.92 Å². The monoisotopic (exact) mass is 266 g/mol. The van der Waals surface area contributed by atoms with Gasteiger partial charge in [0.1, 0.15) is 6.29 Å². The van der Waals surface area contributed by atoms with Crippen molar-refractivity contribution in [1.82, 2.24) is 4.37 Å². The molecular weight excluding hydrogens is 256 g/mol. The van der Waals surface area contributed by atoms with Crippen LogP contribution in [0.25, 0.3) is 21.3 Å². The van der Waals surface area contributed by atoms with Crippen molar-refractivity contribution in [3.8, 4) is 11.3 Å². The molecule has 0 fully saturated rings. The number of aromatic nitrogens is 1. The van der Waals surface area contributed by atoms with E-state index in [0.29, 0.717) is 5.69 Å². The first-order valence-electron chi connectivity index (χ1n) is 6.03. The van der Waals surface area contributed by atoms with Crippen molar-refractivity contribution in [2.24, 2.45) is 0 Å². The van der Waals surface area contributed by atoms with Crippen LogP contribution >= 0.6 is 11.5 Å². The molecule has 2 aromatic carbocycles. The topological polar surface area (TPSA) is 56.0 Å². The molecule has 1 aliphatic carbocycles. The summed E-state index contributed by atoms with van der Waals surface area (Å²) in [6.07, 6.45) is 0.977. The Kier molecular flexibility index (Phi) is 2.05. The summed E-state index contributed by atoms with van der Waals surface area (Å²) in [6, 6.07) is 11.8. The maximum atomic E-state index is 11.6. The van der Waals surface area contributed by atoms with Gasteiger partial charge in [-0.15, -0.1) is 0 Å². The minimum atomic E-state index is -0.288. The lowest BCUT2D eigenvalue weighted by molar-refractivity contribution is -0.108. The van der Waals surface area contributed by atoms with Gasteiger partial charge in [-0.25, -0.2) is 0 Å². The fourth-order valence-corrected chi connectivity index (χ4v) is 3.72. The largest absolute Gasteiger partial charge is 0.398 e. The summed E-state index contributed by atoms with van der Waals surface area (Å²) >= 11 is 1.47. The molecule has 1 heterocycles. The smallest absolute Gasteiger partial charge is 0.131 e. The van der Waals surface area contributed by atoms with Gasteiger partial charge < -0.3 is 10.5 Å². The van der Waals surface area contributed by atoms with Crippen molar-refractivity contribution < 1.29 is 4.79 Å². The molecule has 19 heavy (non-hydrogen) atoms. The predicted octanol–water partition coefficient (Wildman–Crippen LogP) is 3.19. The molecule has 0 bridgehead atoms. The van der Waals surface area contributed by atoms with E-state index in [4.69, 9.17) is 5.73 Å². The highest BCUT2D eigenvalue weighted by Crippen LogP contribution is 2.47. The minimum absolute atomic E-state index is 0.288. The number of nitrogens with zero attached hydrogens (tertiary/aromatic N) is 1. The van der Waals surface area contributed by atoms with Crippen LogP contribution in [-0.2, 0) is 4.79 Å². The maximum Gasteiger partial charge on any atom is 0.131 e. The van der Waals surface area contributed by atoms with Crippen molar-refractivity contribution in [3.63, 3.8) is 0 Å². The molecular formula is C15H10N2OS. The van der Waals surface area contributed by atoms with Crippen LogP contribution in [0.15, 0.2) is 36.4 Å². The van der Waals surface area contributed by atoms with E-state index in [9.17, 15) is 4.79 Å². The lowest BCUT2D eigenvalue weighted by atomic mass is 9.80. The number of rotatable bonds is 1. The van der Waals surface area contributed by atoms with E-state index in [0.717, 1.165) is 38.8 Å². The molecule has 3 aromatic rings. The normalized spacial score (nSPS) is 16.3. The van der Waals surface area contributed by atoms with Gasteiger partial charge in [0, 0.05) is 16.6 Å². The Hall–Kier alpha value is -2.20. The van der Waals surface area contributed by atoms with Crippen LogP contribution in [0.2, 0.25) is 0 Å². The number of anilines is 1. The average molecular weight is 266 g/mol. The van der Waals surface area contributed by atoms with Crippen molar-refractivity contribution in [2.75, 3.05) is 5.73 Å². The van der Waals surface area contributed by atoms with Crippen molar-refractivity contribution in [2.45, 2.75) is 5.92 Å². The number of hydrogen-bond acceptors (Lipinski definition) is 4. The molecule has 0 amide bonds. The lowest BCUT2D eigenvalue weighted by Gasteiger charge is -2.23. The van der Waals surface area contributed by atoms with Gasteiger partial charge in [0.15, 0.2) is 0 Å². The Balaban J connectivity index is 2.23. The molecule has 0 spiro atoms. The average Bonchev–Trinajstić information content (AvgIpc) is 2.86. The van der Waals surface area contributed by atoms with Crippen LogP contribution in [0.1, 0.15) is 17.0 Å². The molecule has 0 saturated carbocycles. The number of carbonyl (C=O) groups excluding carboxylic acids is 1. The molecule has 3 nitrogen and oxygen atoms in total. The maximum absolute atomic E-state index is 11.6. The van der Waals surface area contributed by atoms with Crippen molar-refractivity contribution in [3.05, 3.63) is 47.5 Å². The summed E-state index contributed by atoms with van der Waals surface area (Å²) < 4.78 is 5.67. The standard InChI is InChI=1S/C15H10N2OS/c16-11-5-1-4-9-13(11)10(7-18)8-3-2-6-12-14(8)15(9)17-19-12/h1-7,10H,16H2. The summed E-state index contributed by atoms with van der Waals surface area (Å²) in [7, 11) is 0. The SMILES string of the molecule is Nc1cccc2c1C(C=O)c1cccc3snc-2c13. The van der Waals surface area contributed by atoms with Crippen LogP contribution < -0.4 is 5.73 Å². The first-order valence-corrected chi connectivity index (χ1v) is 6.81. The summed E-state index contributed by atoms with van der Waals surface area (Å²) in [5.41, 5.74) is 10.6. The number of aldehydes is 1. The van der Waals surface area contributed by atoms with Crippen LogP contribution in [0.5, 0.6) is 0 Å². The van der Waals surface area contributed by atoms with Gasteiger partial charge in [0.05, 0.1) is 16.3 Å². The molecule has 4 rings (SSSR count). The lowest BCUT2D eigenvalue weighted by Crippen LogP contribution is -2.12. The Morgan fingerprint density at radius 3 is 2.89 bits per heavy atom. The zero-order valence-corrected chi connectivity index (χ0v) is 10.8. The fourth-order valence-electron chi connectivity index (χ4n) is 2.89. The van der Waals surface area contributed by atoms with E-state index in [1.165, 1.54) is 11.5 Å². The van der Waals surface area contributed by atoms with Crippen LogP contribution in [0.3, 0.4) is 0 Å². The second kappa shape index (κ2) is 3.65. The Bertz CT molecular complexity index is 822. The number of hydrogen-bond donors (Lipinski definition) is 1. The highest BCUT2D eigenvalue weighted by atomic mass is 32.1. The molecule has 0 saturated heterocycles. The summed E-state index contributed by atoms with van der Waals surface area (Å²) in [5.74, 6) is -0.288. The third-order valence-electron chi connectivity index (χ3n) is 3.71. The zero-order chi connectivity index (χ0) is 13.0. The second-order valence-electron chi connectivity index (χ2n) is 4.67. The fraction of sp³-hybridized carbons (Fsp3) is 0.0667. The number of nitrogen functional groups attached to an aromatic ring is 1. The van der Waals surface area contributed by atoms with Crippen LogP contribution in [0.4, 0.5) is 5.69 Å². The highest BCUT2D eigenvalue weighted by molar-refractivity contribution is 7.13. The number of fused-ring (bicyclic) bond motifs is 2. The van der Waals surface area contributed by atoms with Crippen LogP contribution in [-0.4, -0.2) is 10.7 Å². The van der Waals surface area contributed by atoms with Crippen molar-refractivity contribution in [1.29, 1.82) is 0 Å². The Morgan fingerprint density at radius 1 is 1.21 bits per heavy atom. The third-order valence-corrected chi connectivity index (χ3v) is 4.52. The number of benzene rings is 2. The molecule has 0 aliphatic heterocycles. The van der Waals surface area contributed by atoms with Gasteiger partial charge in [-0.1, -0.05) is 24.3 Å². The molecule has 2 N–H and O–H groups in total. The predicted molar refractivity (Wildman–Crippen MR) is 77.4 cm³/mol. The summed E-state index contributed by atoms with van der Waals surface area (Å²) in [5, 5.41) is 1.10. The van der Waals surface area contributed by atoms with E-state index in [1.54, 1.807) is 0 Å². The summed E-state index contributed by atoms with van der Waals surface area (Å²) in [4.78, 5) is 11.6. The van der Waals surface area contributed by atoms with Gasteiger partial charge in [0.2, 0.25) is 0 Å². The molecule has 92 valence electrons. The van der Waals surface area contributed by atoms with Gasteiger partial charge >= 0.3 is 0 Å². The van der Waals surface area contributed by atoms with E-state index < -0.39 is 0 Å². The van der Waals surface area contributed by atoms with Gasteiger partial charge in [-0.3, -0.25) is 0 Å². The minimum Gasteiger partial charge on any atom is -0.398 e. The van der Waals surface area contributed by atoms with Crippen molar-refractivity contribution >= 4 is 33.6 Å². The van der Waals surface area contributed by atoms with Gasteiger partial charge in [-0.2, -0.15) is 4.37 Å². The van der Waals surface area contributed by atoms with E-state index in [2.05, 4.69) is 4.37 Å². The molecule has 1 aromatic heterocycles. The zero-order valence-electron chi connectivity index (χ0n) is 9.96. The van der Waals surface area contributed by atoms with Gasteiger partial charge in [0.25, 0.3) is 0 Å². The molecule has 1 unspecified atom stereocenters. The number of nitrogens with two attached hydrogens (primary N) is 1. The quantitative estimate of drug-likeness (QED) is 0.543. The molecule has 1 atom stereocenters. The Morgan fingerprint density at radius 2 is 2.05 bits per heavy atom. The summed E-state index contributed by atoms with van der Waals surface area (Å²) in [6.45, 7) is 0. The third kappa shape index (κ3) is 1.26. The highest BCUT2D eigenvalue weighted by Gasteiger charge is 2.30. The van der Waals surface area contributed by atoms with Gasteiger partial charge in [-0.05, 0) is 34.8 Å². The van der Waals surface area contributed by atoms with E-state index >= 15 is 0 Å². The first-order chi connectivity index (χ1) is 9.31. The first kappa shape index (κ1) is 10.7. The second-order valence-corrected chi connectivity index (χ2v) is 5.48. The molecule has 0 radical (unpaired) electrons. The van der Waals surface area contributed by atoms with Crippen LogP contribution in [0, 0.1) is 0 Å². The number of carbonyl (C=O) groups is 1. The molecule has 4 heteroatoms. The Labute approximate surface area is 113 Å². The van der Waals surface area contributed by atoms with E-state index in [1.807, 2.05) is 36.4 Å².